The van der Waals surface area contributed by atoms with Crippen LogP contribution < -0.4 is 11.2 Å². The molecule has 1 aromatic rings. The number of likely N-dealkylation sites (tertiary alicyclic amines) is 1. The van der Waals surface area contributed by atoms with Crippen LogP contribution in [0.2, 0.25) is 0 Å². The molecule has 1 saturated heterocycles. The number of nitrogens with one attached hydrogen (secondary N) is 1. The Bertz CT molecular complexity index is 380. The van der Waals surface area contributed by atoms with Crippen molar-refractivity contribution < 1.29 is 0 Å². The largest absolute Gasteiger partial charge is 0.368 e. The van der Waals surface area contributed by atoms with Crippen molar-refractivity contribution in [2.24, 2.45) is 10.8 Å². The van der Waals surface area contributed by atoms with Crippen molar-refractivity contribution in [3.8, 4) is 0 Å². The molecule has 0 unspecified atom stereocenters. The lowest BCUT2D eigenvalue weighted by Gasteiger charge is -2.16. The van der Waals surface area contributed by atoms with Crippen molar-refractivity contribution in [2.75, 3.05) is 18.5 Å². The van der Waals surface area contributed by atoms with Gasteiger partial charge in [-0.3, -0.25) is 5.43 Å². The maximum atomic E-state index is 5.89. The van der Waals surface area contributed by atoms with E-state index in [1.54, 1.807) is 0 Å². The monoisotopic (exact) mass is 218 g/mol. The lowest BCUT2D eigenvalue weighted by molar-refractivity contribution is 0.512. The predicted octanol–water partition coefficient (Wildman–Crippen LogP) is 1.73. The summed E-state index contributed by atoms with van der Waals surface area (Å²) < 4.78 is 0. The van der Waals surface area contributed by atoms with Crippen LogP contribution in [0, 0.1) is 6.92 Å². The van der Waals surface area contributed by atoms with Crippen molar-refractivity contribution in [3.05, 3.63) is 29.8 Å². The van der Waals surface area contributed by atoms with E-state index < -0.39 is 0 Å². The third kappa shape index (κ3) is 2.45. The Kier molecular flexibility index (Phi) is 3.29. The Labute approximate surface area is 96.1 Å². The van der Waals surface area contributed by atoms with E-state index in [2.05, 4.69) is 15.4 Å². The van der Waals surface area contributed by atoms with Crippen molar-refractivity contribution in [3.63, 3.8) is 0 Å². The summed E-state index contributed by atoms with van der Waals surface area (Å²) in [7, 11) is 0. The normalized spacial score (nSPS) is 16.6. The van der Waals surface area contributed by atoms with Gasteiger partial charge in [0.1, 0.15) is 0 Å². The van der Waals surface area contributed by atoms with Gasteiger partial charge in [-0.2, -0.15) is 0 Å². The molecule has 0 amide bonds. The first-order valence-electron chi connectivity index (χ1n) is 5.67. The van der Waals surface area contributed by atoms with Crippen molar-refractivity contribution in [1.29, 1.82) is 0 Å². The fourth-order valence-corrected chi connectivity index (χ4v) is 1.83. The smallest absolute Gasteiger partial charge is 0.214 e. The molecule has 0 atom stereocenters. The molecule has 3 N–H and O–H groups in total. The number of hydrogen-bond donors (Lipinski definition) is 2. The number of aryl methyl sites for hydroxylation is 1. The number of benzene rings is 1. The van der Waals surface area contributed by atoms with Crippen LogP contribution in [-0.2, 0) is 0 Å². The molecule has 16 heavy (non-hydrogen) atoms. The van der Waals surface area contributed by atoms with Crippen LogP contribution in [0.5, 0.6) is 0 Å². The predicted molar refractivity (Wildman–Crippen MR) is 67.2 cm³/mol. The summed E-state index contributed by atoms with van der Waals surface area (Å²) in [5.41, 5.74) is 11.1. The average molecular weight is 218 g/mol. The van der Waals surface area contributed by atoms with Gasteiger partial charge in [0, 0.05) is 13.1 Å². The number of hydrogen-bond acceptors (Lipinski definition) is 2. The second kappa shape index (κ2) is 4.88. The van der Waals surface area contributed by atoms with Gasteiger partial charge in [-0.25, -0.2) is 0 Å². The molecule has 0 spiro atoms. The zero-order valence-electron chi connectivity index (χ0n) is 9.61. The van der Waals surface area contributed by atoms with E-state index in [0.717, 1.165) is 18.8 Å². The molecule has 4 heteroatoms. The van der Waals surface area contributed by atoms with Gasteiger partial charge in [-0.15, -0.1) is 5.10 Å². The van der Waals surface area contributed by atoms with E-state index in [1.807, 2.05) is 31.2 Å². The van der Waals surface area contributed by atoms with E-state index >= 15 is 0 Å². The van der Waals surface area contributed by atoms with E-state index in [1.165, 1.54) is 18.4 Å². The molecule has 0 aliphatic carbocycles. The Morgan fingerprint density at radius 1 is 1.31 bits per heavy atom. The van der Waals surface area contributed by atoms with Crippen LogP contribution in [0.25, 0.3) is 0 Å². The lowest BCUT2D eigenvalue weighted by Crippen LogP contribution is -2.35. The van der Waals surface area contributed by atoms with Crippen molar-refractivity contribution in [1.82, 2.24) is 4.90 Å². The molecule has 1 aliphatic heterocycles. The maximum absolute atomic E-state index is 5.89. The van der Waals surface area contributed by atoms with E-state index in [0.29, 0.717) is 5.96 Å². The van der Waals surface area contributed by atoms with Gasteiger partial charge in [0.25, 0.3) is 0 Å². The molecule has 0 radical (unpaired) electrons. The van der Waals surface area contributed by atoms with Gasteiger partial charge in [0.15, 0.2) is 0 Å². The number of guanidine groups is 1. The molecule has 86 valence electrons. The molecule has 1 aliphatic rings. The van der Waals surface area contributed by atoms with Gasteiger partial charge in [-0.1, -0.05) is 18.2 Å². The number of hydrazone groups is 1. The van der Waals surface area contributed by atoms with Gasteiger partial charge < -0.3 is 10.6 Å². The zero-order chi connectivity index (χ0) is 11.4. The second-order valence-electron chi connectivity index (χ2n) is 4.09. The van der Waals surface area contributed by atoms with Crippen LogP contribution in [0.15, 0.2) is 29.4 Å². The van der Waals surface area contributed by atoms with Crippen LogP contribution in [0.4, 0.5) is 5.69 Å². The molecular formula is C12H18N4. The molecule has 1 heterocycles. The second-order valence-corrected chi connectivity index (χ2v) is 4.09. The fourth-order valence-electron chi connectivity index (χ4n) is 1.83. The quantitative estimate of drug-likeness (QED) is 0.451. The maximum Gasteiger partial charge on any atom is 0.214 e. The van der Waals surface area contributed by atoms with Crippen molar-refractivity contribution in [2.45, 2.75) is 19.8 Å². The first-order valence-corrected chi connectivity index (χ1v) is 5.67. The first-order chi connectivity index (χ1) is 7.77. The summed E-state index contributed by atoms with van der Waals surface area (Å²) in [4.78, 5) is 2.10. The summed E-state index contributed by atoms with van der Waals surface area (Å²) in [5, 5.41) is 4.21. The van der Waals surface area contributed by atoms with Crippen LogP contribution in [-0.4, -0.2) is 23.9 Å². The number of nitrogens with two attached hydrogens (primary N) is 1. The Morgan fingerprint density at radius 2 is 2.00 bits per heavy atom. The number of nitrogens with zero attached hydrogens (tertiary/aromatic N) is 2. The number of para-hydroxylation sites is 1. The average Bonchev–Trinajstić information content (AvgIpc) is 2.81. The molecule has 1 aromatic carbocycles. The fraction of sp³-hybridized carbons (Fsp3) is 0.417. The molecule has 0 aromatic heterocycles. The highest BCUT2D eigenvalue weighted by molar-refractivity contribution is 5.79. The summed E-state index contributed by atoms with van der Waals surface area (Å²) in [6.45, 7) is 4.08. The van der Waals surface area contributed by atoms with Crippen LogP contribution in [0.3, 0.4) is 0 Å². The molecule has 0 bridgehead atoms. The summed E-state index contributed by atoms with van der Waals surface area (Å²) in [6.07, 6.45) is 2.42. The van der Waals surface area contributed by atoms with E-state index in [9.17, 15) is 0 Å². The first kappa shape index (κ1) is 10.8. The van der Waals surface area contributed by atoms with Gasteiger partial charge in [0.05, 0.1) is 5.69 Å². The number of anilines is 1. The highest BCUT2D eigenvalue weighted by atomic mass is 15.4. The van der Waals surface area contributed by atoms with Crippen LogP contribution in [0.1, 0.15) is 18.4 Å². The SMILES string of the molecule is Cc1ccccc1N/N=C(\N)N1CCCC1. The van der Waals surface area contributed by atoms with Gasteiger partial charge in [-0.05, 0) is 31.4 Å². The van der Waals surface area contributed by atoms with Crippen LogP contribution >= 0.6 is 0 Å². The minimum Gasteiger partial charge on any atom is -0.368 e. The van der Waals surface area contributed by atoms with E-state index in [4.69, 9.17) is 5.73 Å². The Balaban J connectivity index is 2.00. The summed E-state index contributed by atoms with van der Waals surface area (Å²) in [5.74, 6) is 0.584. The highest BCUT2D eigenvalue weighted by Crippen LogP contribution is 2.13. The third-order valence-corrected chi connectivity index (χ3v) is 2.87. The summed E-state index contributed by atoms with van der Waals surface area (Å²) in [6, 6.07) is 8.03. The minimum atomic E-state index is 0.584. The van der Waals surface area contributed by atoms with Gasteiger partial charge >= 0.3 is 0 Å². The van der Waals surface area contributed by atoms with Gasteiger partial charge in [0.2, 0.25) is 5.96 Å². The number of rotatable bonds is 2. The van der Waals surface area contributed by atoms with Crippen molar-refractivity contribution >= 4 is 11.6 Å². The molecule has 4 nitrogen and oxygen atoms in total. The highest BCUT2D eigenvalue weighted by Gasteiger charge is 2.13. The topological polar surface area (TPSA) is 53.6 Å². The zero-order valence-corrected chi connectivity index (χ0v) is 9.61. The Hall–Kier alpha value is -1.71. The van der Waals surface area contributed by atoms with E-state index in [-0.39, 0.29) is 0 Å². The minimum absolute atomic E-state index is 0.584. The Morgan fingerprint density at radius 3 is 2.69 bits per heavy atom. The summed E-state index contributed by atoms with van der Waals surface area (Å²) >= 11 is 0. The molecule has 1 fully saturated rings. The standard InChI is InChI=1S/C12H18N4/c1-10-6-2-3-7-11(10)14-15-12(13)16-8-4-5-9-16/h2-3,6-7,14H,4-5,8-9H2,1H3,(H2,13,15). The third-order valence-electron chi connectivity index (χ3n) is 2.87. The molecule has 0 saturated carbocycles. The molecular weight excluding hydrogens is 200 g/mol. The lowest BCUT2D eigenvalue weighted by atomic mass is 10.2. The molecule has 2 rings (SSSR count).